The number of methoxy groups -OCH3 is 2. The molecular weight excluding hydrogens is 586 g/mol. The average molecular weight is 611 g/mol. The molecule has 0 bridgehead atoms. The van der Waals surface area contributed by atoms with E-state index < -0.39 is 58.2 Å². The number of amidine groups is 1. The number of aromatic nitrogens is 1. The number of benzene rings is 3. The molecular formula is C28H24F2N6O8. The van der Waals surface area contributed by atoms with Gasteiger partial charge in [-0.25, -0.2) is 4.79 Å². The van der Waals surface area contributed by atoms with Crippen molar-refractivity contribution in [2.45, 2.75) is 0 Å². The summed E-state index contributed by atoms with van der Waals surface area (Å²) in [7, 11) is 2.34. The number of aromatic carboxylic acids is 1. The lowest BCUT2D eigenvalue weighted by Crippen LogP contribution is -2.20. The quantitative estimate of drug-likeness (QED) is 0.0902. The van der Waals surface area contributed by atoms with Gasteiger partial charge < -0.3 is 50.7 Å². The molecule has 0 aliphatic rings. The molecule has 1 heterocycles. The summed E-state index contributed by atoms with van der Waals surface area (Å²) in [5.41, 5.74) is 11.0. The van der Waals surface area contributed by atoms with Crippen LogP contribution < -0.4 is 40.5 Å². The van der Waals surface area contributed by atoms with Crippen molar-refractivity contribution in [2.24, 2.45) is 11.5 Å². The number of nitrogens with one attached hydrogen (secondary N) is 3. The van der Waals surface area contributed by atoms with Crippen molar-refractivity contribution in [3.05, 3.63) is 77.4 Å². The molecule has 228 valence electrons. The number of pyridine rings is 1. The Morgan fingerprint density at radius 2 is 1.45 bits per heavy atom. The Balaban J connectivity index is 1.89. The van der Waals surface area contributed by atoms with Crippen LogP contribution in [0.1, 0.15) is 15.9 Å². The highest BCUT2D eigenvalue weighted by Gasteiger charge is 2.29. The second-order valence-corrected chi connectivity index (χ2v) is 8.66. The number of ether oxygens (including phenoxy) is 5. The first-order chi connectivity index (χ1) is 20.9. The number of carboxylic acids is 1. The van der Waals surface area contributed by atoms with Crippen LogP contribution in [0.25, 0.3) is 0 Å². The standard InChI is InChI=1S/C28H24F2N6O8/c1-40-18-9-13(27(38)39)10-19(41-2)22(18)44-23-20(29)25(42-15-5-3-4-14(11-15)35-28(33)34)36-26(21(23)30)43-17-8-12(24(31)32)6-7-16(17)37/h3-11,37H,1-2H3,(H3,31,32)(H,38,39)(H4,33,34,35). The average Bonchev–Trinajstić information content (AvgIpc) is 2.98. The predicted molar refractivity (Wildman–Crippen MR) is 152 cm³/mol. The minimum Gasteiger partial charge on any atom is -0.504 e. The molecule has 0 aliphatic heterocycles. The molecule has 4 aromatic rings. The molecule has 0 saturated carbocycles. The highest BCUT2D eigenvalue weighted by atomic mass is 19.1. The molecule has 0 unspecified atom stereocenters. The fourth-order valence-electron chi connectivity index (χ4n) is 3.68. The van der Waals surface area contributed by atoms with Crippen molar-refractivity contribution in [1.29, 1.82) is 10.8 Å². The molecule has 1 aromatic heterocycles. The Bertz CT molecular complexity index is 1760. The second kappa shape index (κ2) is 12.7. The van der Waals surface area contributed by atoms with E-state index in [-0.39, 0.29) is 34.3 Å². The van der Waals surface area contributed by atoms with E-state index in [1.807, 2.05) is 0 Å². The third kappa shape index (κ3) is 6.59. The van der Waals surface area contributed by atoms with Gasteiger partial charge in [0.25, 0.3) is 11.8 Å². The Labute approximate surface area is 247 Å². The summed E-state index contributed by atoms with van der Waals surface area (Å²) in [6.07, 6.45) is 0. The van der Waals surface area contributed by atoms with Crippen LogP contribution in [0, 0.1) is 22.5 Å². The summed E-state index contributed by atoms with van der Waals surface area (Å²) in [6, 6.07) is 11.4. The van der Waals surface area contributed by atoms with Crippen LogP contribution in [0.4, 0.5) is 14.5 Å². The second-order valence-electron chi connectivity index (χ2n) is 8.66. The van der Waals surface area contributed by atoms with E-state index in [0.29, 0.717) is 5.69 Å². The van der Waals surface area contributed by atoms with Crippen molar-refractivity contribution in [2.75, 3.05) is 19.5 Å². The normalized spacial score (nSPS) is 10.5. The summed E-state index contributed by atoms with van der Waals surface area (Å²) in [4.78, 5) is 15.3. The van der Waals surface area contributed by atoms with Gasteiger partial charge in [-0.05, 0) is 42.5 Å². The van der Waals surface area contributed by atoms with Gasteiger partial charge in [-0.3, -0.25) is 10.8 Å². The summed E-state index contributed by atoms with van der Waals surface area (Å²) < 4.78 is 58.8. The summed E-state index contributed by atoms with van der Waals surface area (Å²) in [5, 5.41) is 37.3. The Kier molecular flexibility index (Phi) is 8.83. The lowest BCUT2D eigenvalue weighted by Gasteiger charge is -2.18. The van der Waals surface area contributed by atoms with E-state index in [1.165, 1.54) is 44.6 Å². The van der Waals surface area contributed by atoms with Gasteiger partial charge in [0.15, 0.2) is 29.0 Å². The third-order valence-corrected chi connectivity index (χ3v) is 5.69. The number of rotatable bonds is 11. The van der Waals surface area contributed by atoms with Gasteiger partial charge in [0.2, 0.25) is 23.1 Å². The first-order valence-electron chi connectivity index (χ1n) is 12.2. The fourth-order valence-corrected chi connectivity index (χ4v) is 3.68. The summed E-state index contributed by atoms with van der Waals surface area (Å²) in [5.74, 6) is -9.87. The number of guanidine groups is 1. The number of nitrogens with two attached hydrogens (primary N) is 2. The molecule has 0 radical (unpaired) electrons. The number of phenols is 1. The van der Waals surface area contributed by atoms with Crippen LogP contribution in [0.15, 0.2) is 54.6 Å². The highest BCUT2D eigenvalue weighted by Crippen LogP contribution is 2.46. The highest BCUT2D eigenvalue weighted by molar-refractivity contribution is 5.95. The Hall–Kier alpha value is -6.32. The molecule has 0 saturated heterocycles. The SMILES string of the molecule is COc1cc(C(=O)O)cc(OC)c1Oc1c(F)c(Oc2cccc(NC(=N)N)c2)nc(Oc2cc(C(=N)N)ccc2O)c1F. The van der Waals surface area contributed by atoms with Crippen LogP contribution in [0.2, 0.25) is 0 Å². The molecule has 0 aliphatic carbocycles. The van der Waals surface area contributed by atoms with E-state index in [1.54, 1.807) is 0 Å². The number of nitrogens with zero attached hydrogens (tertiary/aromatic N) is 1. The lowest BCUT2D eigenvalue weighted by molar-refractivity contribution is 0.0696. The van der Waals surface area contributed by atoms with E-state index in [2.05, 4.69) is 10.3 Å². The van der Waals surface area contributed by atoms with Crippen molar-refractivity contribution in [3.8, 4) is 52.0 Å². The van der Waals surface area contributed by atoms with Crippen LogP contribution in [-0.4, -0.2) is 47.2 Å². The fraction of sp³-hybridized carbons (Fsp3) is 0.0714. The maximum absolute atomic E-state index is 15.9. The molecule has 0 fully saturated rings. The Morgan fingerprint density at radius 1 is 0.841 bits per heavy atom. The number of halogens is 2. The van der Waals surface area contributed by atoms with E-state index in [9.17, 15) is 15.0 Å². The van der Waals surface area contributed by atoms with Crippen molar-refractivity contribution >= 4 is 23.5 Å². The molecule has 4 rings (SSSR count). The number of carboxylic acid groups (broad SMARTS) is 1. The molecule has 0 atom stereocenters. The van der Waals surface area contributed by atoms with E-state index >= 15 is 8.78 Å². The number of hydrogen-bond donors (Lipinski definition) is 7. The van der Waals surface area contributed by atoms with Gasteiger partial charge in [-0.2, -0.15) is 13.8 Å². The molecule has 0 amide bonds. The molecule has 0 spiro atoms. The topological polar surface area (TPSA) is 228 Å². The first kappa shape index (κ1) is 30.6. The maximum Gasteiger partial charge on any atom is 0.335 e. The van der Waals surface area contributed by atoms with E-state index in [4.69, 9.17) is 46.0 Å². The molecule has 14 nitrogen and oxygen atoms in total. The number of carbonyl (C=O) groups is 1. The van der Waals surface area contributed by atoms with Gasteiger partial charge >= 0.3 is 5.97 Å². The zero-order valence-electron chi connectivity index (χ0n) is 22.9. The number of phenolic OH excluding ortho intramolecular Hbond substituents is 1. The first-order valence-corrected chi connectivity index (χ1v) is 12.2. The third-order valence-electron chi connectivity index (χ3n) is 5.69. The zero-order valence-corrected chi connectivity index (χ0v) is 22.9. The molecule has 3 aromatic carbocycles. The smallest absolute Gasteiger partial charge is 0.335 e. The van der Waals surface area contributed by atoms with Gasteiger partial charge in [-0.1, -0.05) is 6.07 Å². The van der Waals surface area contributed by atoms with Crippen LogP contribution >= 0.6 is 0 Å². The monoisotopic (exact) mass is 610 g/mol. The van der Waals surface area contributed by atoms with Crippen molar-refractivity contribution < 1.29 is 47.5 Å². The van der Waals surface area contributed by atoms with Gasteiger partial charge in [0.1, 0.15) is 11.6 Å². The van der Waals surface area contributed by atoms with Crippen LogP contribution in [-0.2, 0) is 0 Å². The number of nitrogen functional groups attached to an aromatic ring is 1. The minimum atomic E-state index is -1.51. The molecule has 44 heavy (non-hydrogen) atoms. The summed E-state index contributed by atoms with van der Waals surface area (Å²) >= 11 is 0. The molecule has 9 N–H and O–H groups in total. The van der Waals surface area contributed by atoms with Gasteiger partial charge in [0, 0.05) is 17.3 Å². The van der Waals surface area contributed by atoms with Crippen molar-refractivity contribution in [1.82, 2.24) is 4.98 Å². The lowest BCUT2D eigenvalue weighted by atomic mass is 10.2. The zero-order chi connectivity index (χ0) is 32.1. The van der Waals surface area contributed by atoms with Crippen LogP contribution in [0.5, 0.6) is 52.0 Å². The number of aromatic hydroxyl groups is 1. The number of hydrogen-bond acceptors (Lipinski definition) is 10. The largest absolute Gasteiger partial charge is 0.504 e. The van der Waals surface area contributed by atoms with E-state index in [0.717, 1.165) is 24.3 Å². The predicted octanol–water partition coefficient (Wildman–Crippen LogP) is 4.75. The van der Waals surface area contributed by atoms with Crippen molar-refractivity contribution in [3.63, 3.8) is 0 Å². The summed E-state index contributed by atoms with van der Waals surface area (Å²) in [6.45, 7) is 0. The minimum absolute atomic E-state index is 0.0337. The maximum atomic E-state index is 15.9. The van der Waals surface area contributed by atoms with Gasteiger partial charge in [0.05, 0.1) is 19.8 Å². The number of anilines is 1. The van der Waals surface area contributed by atoms with Gasteiger partial charge in [-0.15, -0.1) is 0 Å². The Morgan fingerprint density at radius 3 is 2.02 bits per heavy atom. The molecule has 16 heteroatoms. The van der Waals surface area contributed by atoms with Crippen LogP contribution in [0.3, 0.4) is 0 Å².